The van der Waals surface area contributed by atoms with Crippen LogP contribution in [-0.4, -0.2) is 56.7 Å². The van der Waals surface area contributed by atoms with Crippen LogP contribution in [0.25, 0.3) is 0 Å². The van der Waals surface area contributed by atoms with Gasteiger partial charge < -0.3 is 5.32 Å². The summed E-state index contributed by atoms with van der Waals surface area (Å²) in [6, 6.07) is 5.99. The minimum atomic E-state index is -3.36. The largest absolute Gasteiger partial charge is 0.356 e. The highest BCUT2D eigenvalue weighted by Crippen LogP contribution is 2.20. The molecule has 0 aliphatic carbocycles. The standard InChI is InChI=1S/C16H24FN3O3S/c1-19(2)24(22,23)20-8-6-13(7-9-20)12-18-16(21)11-14-4-3-5-15(17)10-14/h3-5,10,13H,6-9,11-12H2,1-2H3,(H,18,21). The van der Waals surface area contributed by atoms with E-state index in [1.807, 2.05) is 0 Å². The third kappa shape index (κ3) is 4.99. The summed E-state index contributed by atoms with van der Waals surface area (Å²) in [6.07, 6.45) is 1.58. The van der Waals surface area contributed by atoms with E-state index in [1.165, 1.54) is 34.8 Å². The number of halogens is 1. The second kappa shape index (κ2) is 8.04. The number of nitrogens with zero attached hydrogens (tertiary/aromatic N) is 2. The number of rotatable bonds is 6. The van der Waals surface area contributed by atoms with Gasteiger partial charge in [-0.1, -0.05) is 12.1 Å². The molecule has 2 rings (SSSR count). The van der Waals surface area contributed by atoms with Crippen LogP contribution in [0.15, 0.2) is 24.3 Å². The predicted octanol–water partition coefficient (Wildman–Crippen LogP) is 1.00. The van der Waals surface area contributed by atoms with Gasteiger partial charge in [-0.2, -0.15) is 17.0 Å². The highest BCUT2D eigenvalue weighted by Gasteiger charge is 2.29. The van der Waals surface area contributed by atoms with Gasteiger partial charge in [-0.3, -0.25) is 4.79 Å². The lowest BCUT2D eigenvalue weighted by atomic mass is 9.98. The topological polar surface area (TPSA) is 69.7 Å². The van der Waals surface area contributed by atoms with Crippen molar-refractivity contribution in [2.24, 2.45) is 5.92 Å². The van der Waals surface area contributed by atoms with Crippen LogP contribution < -0.4 is 5.32 Å². The highest BCUT2D eigenvalue weighted by molar-refractivity contribution is 7.86. The van der Waals surface area contributed by atoms with Crippen molar-refractivity contribution in [3.63, 3.8) is 0 Å². The van der Waals surface area contributed by atoms with Crippen LogP contribution in [0, 0.1) is 11.7 Å². The minimum absolute atomic E-state index is 0.144. The lowest BCUT2D eigenvalue weighted by molar-refractivity contribution is -0.120. The molecule has 0 aromatic heterocycles. The molecule has 1 aromatic rings. The average Bonchev–Trinajstić information content (AvgIpc) is 2.53. The zero-order chi connectivity index (χ0) is 17.7. The van der Waals surface area contributed by atoms with E-state index in [9.17, 15) is 17.6 Å². The van der Waals surface area contributed by atoms with Gasteiger partial charge in [0.15, 0.2) is 0 Å². The molecule has 1 aliphatic rings. The van der Waals surface area contributed by atoms with E-state index in [0.29, 0.717) is 38.0 Å². The predicted molar refractivity (Wildman–Crippen MR) is 90.0 cm³/mol. The molecule has 1 fully saturated rings. The highest BCUT2D eigenvalue weighted by atomic mass is 32.2. The number of amides is 1. The van der Waals surface area contributed by atoms with Gasteiger partial charge in [0.2, 0.25) is 5.91 Å². The van der Waals surface area contributed by atoms with Gasteiger partial charge >= 0.3 is 0 Å². The van der Waals surface area contributed by atoms with Crippen molar-refractivity contribution in [1.82, 2.24) is 13.9 Å². The summed E-state index contributed by atoms with van der Waals surface area (Å²) < 4.78 is 39.9. The van der Waals surface area contributed by atoms with Crippen LogP contribution in [0.5, 0.6) is 0 Å². The third-order valence-corrected chi connectivity index (χ3v) is 6.14. The molecule has 0 spiro atoms. The maximum absolute atomic E-state index is 13.1. The Kier molecular flexibility index (Phi) is 6.31. The van der Waals surface area contributed by atoms with Crippen molar-refractivity contribution in [2.75, 3.05) is 33.7 Å². The lowest BCUT2D eigenvalue weighted by Crippen LogP contribution is -2.46. The van der Waals surface area contributed by atoms with Crippen molar-refractivity contribution < 1.29 is 17.6 Å². The lowest BCUT2D eigenvalue weighted by Gasteiger charge is -2.32. The fourth-order valence-electron chi connectivity index (χ4n) is 2.73. The smallest absolute Gasteiger partial charge is 0.281 e. The molecule has 6 nitrogen and oxygen atoms in total. The van der Waals surface area contributed by atoms with E-state index in [-0.39, 0.29) is 24.1 Å². The number of nitrogens with one attached hydrogen (secondary N) is 1. The Labute approximate surface area is 142 Å². The van der Waals surface area contributed by atoms with E-state index in [2.05, 4.69) is 5.32 Å². The first kappa shape index (κ1) is 18.8. The number of piperidine rings is 1. The molecule has 1 heterocycles. The SMILES string of the molecule is CN(C)S(=O)(=O)N1CCC(CNC(=O)Cc2cccc(F)c2)CC1. The molecule has 0 atom stereocenters. The van der Waals surface area contributed by atoms with Gasteiger partial charge in [0.25, 0.3) is 10.2 Å². The van der Waals surface area contributed by atoms with E-state index >= 15 is 0 Å². The zero-order valence-corrected chi connectivity index (χ0v) is 14.9. The molecule has 1 amide bonds. The summed E-state index contributed by atoms with van der Waals surface area (Å²) in [5.41, 5.74) is 0.638. The molecule has 0 bridgehead atoms. The second-order valence-electron chi connectivity index (χ2n) is 6.24. The van der Waals surface area contributed by atoms with Crippen LogP contribution in [0.2, 0.25) is 0 Å². The van der Waals surface area contributed by atoms with Crippen molar-refractivity contribution >= 4 is 16.1 Å². The Morgan fingerprint density at radius 2 is 2.00 bits per heavy atom. The van der Waals surface area contributed by atoms with Gasteiger partial charge in [-0.25, -0.2) is 4.39 Å². The van der Waals surface area contributed by atoms with Crippen LogP contribution in [0.3, 0.4) is 0 Å². The Bertz CT molecular complexity index is 671. The molecule has 0 radical (unpaired) electrons. The summed E-state index contributed by atoms with van der Waals surface area (Å²) >= 11 is 0. The van der Waals surface area contributed by atoms with Crippen molar-refractivity contribution in [1.29, 1.82) is 0 Å². The molecule has 1 N–H and O–H groups in total. The Morgan fingerprint density at radius 3 is 2.58 bits per heavy atom. The van der Waals surface area contributed by atoms with Crippen molar-refractivity contribution in [3.8, 4) is 0 Å². The Hall–Kier alpha value is -1.51. The second-order valence-corrected chi connectivity index (χ2v) is 8.39. The third-order valence-electron chi connectivity index (χ3n) is 4.20. The van der Waals surface area contributed by atoms with Gasteiger partial charge in [-0.05, 0) is 36.5 Å². The van der Waals surface area contributed by atoms with E-state index in [1.54, 1.807) is 12.1 Å². The average molecular weight is 357 g/mol. The number of benzene rings is 1. The first-order valence-corrected chi connectivity index (χ1v) is 9.37. The molecular formula is C16H24FN3O3S. The van der Waals surface area contributed by atoms with E-state index in [0.717, 1.165) is 0 Å². The maximum Gasteiger partial charge on any atom is 0.281 e. The molecule has 0 unspecified atom stereocenters. The summed E-state index contributed by atoms with van der Waals surface area (Å²) in [6.45, 7) is 1.44. The van der Waals surface area contributed by atoms with Crippen LogP contribution in [-0.2, 0) is 21.4 Å². The van der Waals surface area contributed by atoms with E-state index in [4.69, 9.17) is 0 Å². The number of carbonyl (C=O) groups excluding carboxylic acids is 1. The zero-order valence-electron chi connectivity index (χ0n) is 14.0. The van der Waals surface area contributed by atoms with E-state index < -0.39 is 10.2 Å². The molecule has 8 heteroatoms. The first-order valence-electron chi connectivity index (χ1n) is 7.98. The summed E-state index contributed by atoms with van der Waals surface area (Å²) in [5.74, 6) is -0.242. The maximum atomic E-state index is 13.1. The van der Waals surface area contributed by atoms with Crippen LogP contribution in [0.1, 0.15) is 18.4 Å². The fraction of sp³-hybridized carbons (Fsp3) is 0.562. The summed E-state index contributed by atoms with van der Waals surface area (Å²) in [5, 5.41) is 2.86. The summed E-state index contributed by atoms with van der Waals surface area (Å²) in [7, 11) is -0.312. The number of hydrogen-bond donors (Lipinski definition) is 1. The normalized spacial score (nSPS) is 17.2. The molecule has 1 saturated heterocycles. The van der Waals surface area contributed by atoms with Crippen molar-refractivity contribution in [2.45, 2.75) is 19.3 Å². The molecule has 1 aromatic carbocycles. The Morgan fingerprint density at radius 1 is 1.33 bits per heavy atom. The summed E-state index contributed by atoms with van der Waals surface area (Å²) in [4.78, 5) is 11.9. The first-order chi connectivity index (χ1) is 11.3. The van der Waals surface area contributed by atoms with Crippen LogP contribution >= 0.6 is 0 Å². The number of hydrogen-bond acceptors (Lipinski definition) is 3. The van der Waals surface area contributed by atoms with Gasteiger partial charge in [-0.15, -0.1) is 0 Å². The molecule has 134 valence electrons. The Balaban J connectivity index is 1.75. The van der Waals surface area contributed by atoms with Crippen LogP contribution in [0.4, 0.5) is 4.39 Å². The quantitative estimate of drug-likeness (QED) is 0.826. The minimum Gasteiger partial charge on any atom is -0.356 e. The monoisotopic (exact) mass is 357 g/mol. The van der Waals surface area contributed by atoms with Gasteiger partial charge in [0, 0.05) is 33.7 Å². The molecule has 0 saturated carbocycles. The molecule has 24 heavy (non-hydrogen) atoms. The molecular weight excluding hydrogens is 333 g/mol. The van der Waals surface area contributed by atoms with Gasteiger partial charge in [0.05, 0.1) is 6.42 Å². The van der Waals surface area contributed by atoms with Gasteiger partial charge in [0.1, 0.15) is 5.82 Å². The van der Waals surface area contributed by atoms with Crippen molar-refractivity contribution in [3.05, 3.63) is 35.6 Å². The number of carbonyl (C=O) groups is 1. The fourth-order valence-corrected chi connectivity index (χ4v) is 3.86. The molecule has 1 aliphatic heterocycles.